The van der Waals surface area contributed by atoms with Crippen LogP contribution in [-0.4, -0.2) is 38.4 Å². The molecule has 1 rings (SSSR count). The number of carbonyl (C=O) groups is 1. The highest BCUT2D eigenvalue weighted by molar-refractivity contribution is 5.75. The van der Waals surface area contributed by atoms with E-state index >= 15 is 0 Å². The van der Waals surface area contributed by atoms with Crippen LogP contribution in [0.1, 0.15) is 39.0 Å². The van der Waals surface area contributed by atoms with Crippen LogP contribution in [0.4, 0.5) is 0 Å². The Hall–Kier alpha value is -0.610. The summed E-state index contributed by atoms with van der Waals surface area (Å²) in [6.45, 7) is 3.71. The predicted octanol–water partition coefficient (Wildman–Crippen LogP) is 1.49. The first-order valence-corrected chi connectivity index (χ1v) is 6.19. The topological polar surface area (TPSA) is 47.6 Å². The third kappa shape index (κ3) is 4.49. The highest BCUT2D eigenvalue weighted by Gasteiger charge is 2.23. The second kappa shape index (κ2) is 7.63. The number of carbonyl (C=O) groups excluding carboxylic acids is 1. The van der Waals surface area contributed by atoms with Crippen LogP contribution in [0, 0.1) is 0 Å². The molecule has 0 amide bonds. The molecule has 0 spiro atoms. The molecule has 1 fully saturated rings. The van der Waals surface area contributed by atoms with Crippen molar-refractivity contribution in [3.05, 3.63) is 0 Å². The Kier molecular flexibility index (Phi) is 6.42. The Balaban J connectivity index is 2.38. The number of esters is 1. The Morgan fingerprint density at radius 1 is 1.50 bits per heavy atom. The van der Waals surface area contributed by atoms with Gasteiger partial charge in [-0.3, -0.25) is 4.79 Å². The van der Waals surface area contributed by atoms with E-state index in [9.17, 15) is 4.79 Å². The van der Waals surface area contributed by atoms with Gasteiger partial charge in [-0.05, 0) is 19.3 Å². The molecule has 0 saturated carbocycles. The summed E-state index contributed by atoms with van der Waals surface area (Å²) in [6.07, 6.45) is 4.98. The van der Waals surface area contributed by atoms with Crippen LogP contribution in [-0.2, 0) is 14.3 Å². The fourth-order valence-electron chi connectivity index (χ4n) is 1.97. The SMILES string of the molecule is CCCCC(NC1CCOCC1)C(=O)OC. The molecule has 0 aliphatic carbocycles. The zero-order chi connectivity index (χ0) is 11.8. The minimum Gasteiger partial charge on any atom is -0.468 e. The van der Waals surface area contributed by atoms with Crippen molar-refractivity contribution in [3.63, 3.8) is 0 Å². The summed E-state index contributed by atoms with van der Waals surface area (Å²) in [6, 6.07) is 0.253. The number of hydrogen-bond donors (Lipinski definition) is 1. The van der Waals surface area contributed by atoms with Crippen LogP contribution in [0.15, 0.2) is 0 Å². The van der Waals surface area contributed by atoms with Gasteiger partial charge in [-0.15, -0.1) is 0 Å². The monoisotopic (exact) mass is 229 g/mol. The maximum Gasteiger partial charge on any atom is 0.322 e. The molecule has 1 aliphatic rings. The van der Waals surface area contributed by atoms with Crippen molar-refractivity contribution < 1.29 is 14.3 Å². The maximum absolute atomic E-state index is 11.6. The quantitative estimate of drug-likeness (QED) is 0.701. The van der Waals surface area contributed by atoms with E-state index in [1.165, 1.54) is 7.11 Å². The molecule has 1 unspecified atom stereocenters. The van der Waals surface area contributed by atoms with Crippen molar-refractivity contribution in [1.29, 1.82) is 0 Å². The van der Waals surface area contributed by atoms with E-state index in [1.54, 1.807) is 0 Å². The zero-order valence-corrected chi connectivity index (χ0v) is 10.3. The molecule has 1 aliphatic heterocycles. The maximum atomic E-state index is 11.6. The molecule has 1 N–H and O–H groups in total. The summed E-state index contributed by atoms with van der Waals surface area (Å²) in [5, 5.41) is 3.39. The van der Waals surface area contributed by atoms with E-state index in [1.807, 2.05) is 0 Å². The predicted molar refractivity (Wildman–Crippen MR) is 62.3 cm³/mol. The molecule has 0 aromatic rings. The van der Waals surface area contributed by atoms with Gasteiger partial charge >= 0.3 is 5.97 Å². The summed E-state index contributed by atoms with van der Waals surface area (Å²) in [7, 11) is 1.45. The van der Waals surface area contributed by atoms with E-state index in [4.69, 9.17) is 9.47 Å². The Morgan fingerprint density at radius 2 is 2.19 bits per heavy atom. The lowest BCUT2D eigenvalue weighted by Crippen LogP contribution is -2.46. The number of unbranched alkanes of at least 4 members (excludes halogenated alkanes) is 1. The smallest absolute Gasteiger partial charge is 0.322 e. The van der Waals surface area contributed by atoms with Gasteiger partial charge in [-0.25, -0.2) is 0 Å². The third-order valence-electron chi connectivity index (χ3n) is 2.99. The first-order chi connectivity index (χ1) is 7.77. The standard InChI is InChI=1S/C12H23NO3/c1-3-4-5-11(12(14)15-2)13-10-6-8-16-9-7-10/h10-11,13H,3-9H2,1-2H3. The molecule has 16 heavy (non-hydrogen) atoms. The second-order valence-electron chi connectivity index (χ2n) is 4.27. The number of nitrogens with one attached hydrogen (secondary N) is 1. The molecule has 1 atom stereocenters. The third-order valence-corrected chi connectivity index (χ3v) is 2.99. The summed E-state index contributed by atoms with van der Waals surface area (Å²) < 4.78 is 10.1. The highest BCUT2D eigenvalue weighted by Crippen LogP contribution is 2.10. The minimum atomic E-state index is -0.145. The lowest BCUT2D eigenvalue weighted by atomic mass is 10.0. The molecule has 4 heteroatoms. The van der Waals surface area contributed by atoms with E-state index in [-0.39, 0.29) is 12.0 Å². The van der Waals surface area contributed by atoms with Crippen LogP contribution < -0.4 is 5.32 Å². The van der Waals surface area contributed by atoms with E-state index in [0.29, 0.717) is 6.04 Å². The fraction of sp³-hybridized carbons (Fsp3) is 0.917. The van der Waals surface area contributed by atoms with Gasteiger partial charge in [0.05, 0.1) is 7.11 Å². The van der Waals surface area contributed by atoms with Crippen LogP contribution in [0.5, 0.6) is 0 Å². The molecule has 0 radical (unpaired) electrons. The number of ether oxygens (including phenoxy) is 2. The van der Waals surface area contributed by atoms with Crippen LogP contribution in [0.3, 0.4) is 0 Å². The van der Waals surface area contributed by atoms with Crippen LogP contribution >= 0.6 is 0 Å². The molecule has 4 nitrogen and oxygen atoms in total. The molecule has 94 valence electrons. The van der Waals surface area contributed by atoms with Gasteiger partial charge in [0.2, 0.25) is 0 Å². The average Bonchev–Trinajstić information content (AvgIpc) is 2.34. The van der Waals surface area contributed by atoms with Crippen molar-refractivity contribution >= 4 is 5.97 Å². The second-order valence-corrected chi connectivity index (χ2v) is 4.27. The number of methoxy groups -OCH3 is 1. The minimum absolute atomic E-state index is 0.139. The molecule has 0 aromatic heterocycles. The van der Waals surface area contributed by atoms with Gasteiger partial charge in [-0.2, -0.15) is 0 Å². The molecule has 0 bridgehead atoms. The van der Waals surface area contributed by atoms with E-state index in [2.05, 4.69) is 12.2 Å². The Labute approximate surface area is 97.7 Å². The van der Waals surface area contributed by atoms with Crippen molar-refractivity contribution in [1.82, 2.24) is 5.32 Å². The molecular weight excluding hydrogens is 206 g/mol. The zero-order valence-electron chi connectivity index (χ0n) is 10.3. The van der Waals surface area contributed by atoms with Gasteiger partial charge in [-0.1, -0.05) is 19.8 Å². The number of hydrogen-bond acceptors (Lipinski definition) is 4. The molecule has 0 aromatic carbocycles. The van der Waals surface area contributed by atoms with E-state index < -0.39 is 0 Å². The lowest BCUT2D eigenvalue weighted by molar-refractivity contribution is -0.143. The lowest BCUT2D eigenvalue weighted by Gasteiger charge is -2.27. The van der Waals surface area contributed by atoms with Crippen molar-refractivity contribution in [2.75, 3.05) is 20.3 Å². The summed E-state index contributed by atoms with van der Waals surface area (Å²) in [5.41, 5.74) is 0. The van der Waals surface area contributed by atoms with E-state index in [0.717, 1.165) is 45.3 Å². The molecule has 1 heterocycles. The highest BCUT2D eigenvalue weighted by atomic mass is 16.5. The summed E-state index contributed by atoms with van der Waals surface area (Å²) >= 11 is 0. The largest absolute Gasteiger partial charge is 0.468 e. The van der Waals surface area contributed by atoms with Gasteiger partial charge in [0.25, 0.3) is 0 Å². The summed E-state index contributed by atoms with van der Waals surface area (Å²) in [4.78, 5) is 11.6. The van der Waals surface area contributed by atoms with Crippen LogP contribution in [0.2, 0.25) is 0 Å². The summed E-state index contributed by atoms with van der Waals surface area (Å²) in [5.74, 6) is -0.139. The Morgan fingerprint density at radius 3 is 2.75 bits per heavy atom. The molecular formula is C12H23NO3. The van der Waals surface area contributed by atoms with Gasteiger partial charge in [0.1, 0.15) is 6.04 Å². The normalized spacial score (nSPS) is 19.4. The fourth-order valence-corrected chi connectivity index (χ4v) is 1.97. The van der Waals surface area contributed by atoms with Crippen molar-refractivity contribution in [2.24, 2.45) is 0 Å². The van der Waals surface area contributed by atoms with Gasteiger partial charge < -0.3 is 14.8 Å². The van der Waals surface area contributed by atoms with Crippen molar-refractivity contribution in [2.45, 2.75) is 51.1 Å². The average molecular weight is 229 g/mol. The molecule has 1 saturated heterocycles. The van der Waals surface area contributed by atoms with Gasteiger partial charge in [0, 0.05) is 19.3 Å². The first kappa shape index (κ1) is 13.5. The Bertz CT molecular complexity index is 202. The van der Waals surface area contributed by atoms with Crippen LogP contribution in [0.25, 0.3) is 0 Å². The first-order valence-electron chi connectivity index (χ1n) is 6.19. The van der Waals surface area contributed by atoms with Gasteiger partial charge in [0.15, 0.2) is 0 Å². The number of rotatable bonds is 6. The van der Waals surface area contributed by atoms with Crippen molar-refractivity contribution in [3.8, 4) is 0 Å².